The molecule has 0 bridgehead atoms. The van der Waals surface area contributed by atoms with Crippen LogP contribution in [0.2, 0.25) is 0 Å². The van der Waals surface area contributed by atoms with E-state index in [9.17, 15) is 9.59 Å². The van der Waals surface area contributed by atoms with Crippen molar-refractivity contribution in [3.05, 3.63) is 29.3 Å². The molecule has 78 valence electrons. The fourth-order valence-electron chi connectivity index (χ4n) is 1.89. The largest absolute Gasteiger partial charge is 0.326 e. The van der Waals surface area contributed by atoms with Gasteiger partial charge in [-0.25, -0.2) is 0 Å². The monoisotopic (exact) mass is 203 g/mol. The maximum atomic E-state index is 11.2. The third-order valence-electron chi connectivity index (χ3n) is 2.59. The van der Waals surface area contributed by atoms with Gasteiger partial charge in [0.25, 0.3) is 0 Å². The van der Waals surface area contributed by atoms with Gasteiger partial charge in [-0.2, -0.15) is 0 Å². The number of fused-ring (bicyclic) bond motifs is 1. The van der Waals surface area contributed by atoms with Crippen LogP contribution in [0.1, 0.15) is 24.5 Å². The molecule has 0 aliphatic heterocycles. The Balaban J connectivity index is 2.26. The number of aryl methyl sites for hydroxylation is 1. The van der Waals surface area contributed by atoms with Crippen LogP contribution < -0.4 is 5.32 Å². The second-order valence-corrected chi connectivity index (χ2v) is 3.88. The van der Waals surface area contributed by atoms with E-state index in [0.29, 0.717) is 18.6 Å². The number of hydrogen-bond donors (Lipinski definition) is 1. The number of nitrogens with one attached hydrogen (secondary N) is 1. The summed E-state index contributed by atoms with van der Waals surface area (Å²) in [6, 6.07) is 5.74. The van der Waals surface area contributed by atoms with Crippen molar-refractivity contribution in [3.63, 3.8) is 0 Å². The van der Waals surface area contributed by atoms with Gasteiger partial charge in [0.05, 0.1) is 0 Å². The molecule has 0 atom stereocenters. The molecule has 1 N–H and O–H groups in total. The van der Waals surface area contributed by atoms with Crippen LogP contribution in [0.4, 0.5) is 5.69 Å². The minimum Gasteiger partial charge on any atom is -0.326 e. The highest BCUT2D eigenvalue weighted by Crippen LogP contribution is 2.22. The van der Waals surface area contributed by atoms with Crippen molar-refractivity contribution in [2.75, 3.05) is 5.32 Å². The molecule has 0 heterocycles. The second-order valence-electron chi connectivity index (χ2n) is 3.88. The van der Waals surface area contributed by atoms with Crippen LogP contribution in [0, 0.1) is 0 Å². The van der Waals surface area contributed by atoms with E-state index >= 15 is 0 Å². The van der Waals surface area contributed by atoms with Crippen LogP contribution in [-0.2, 0) is 22.4 Å². The van der Waals surface area contributed by atoms with Gasteiger partial charge in [0, 0.05) is 25.5 Å². The van der Waals surface area contributed by atoms with Gasteiger partial charge >= 0.3 is 0 Å². The van der Waals surface area contributed by atoms with Crippen molar-refractivity contribution in [1.29, 1.82) is 0 Å². The number of ketones is 1. The molecule has 0 spiro atoms. The van der Waals surface area contributed by atoms with Crippen LogP contribution in [0.3, 0.4) is 0 Å². The van der Waals surface area contributed by atoms with Crippen LogP contribution in [0.5, 0.6) is 0 Å². The summed E-state index contributed by atoms with van der Waals surface area (Å²) in [5.74, 6) is 0.233. The van der Waals surface area contributed by atoms with Crippen LogP contribution in [0.25, 0.3) is 0 Å². The summed E-state index contributed by atoms with van der Waals surface area (Å²) in [5.41, 5.74) is 3.09. The average molecular weight is 203 g/mol. The van der Waals surface area contributed by atoms with E-state index in [1.807, 2.05) is 18.2 Å². The van der Waals surface area contributed by atoms with Crippen LogP contribution >= 0.6 is 0 Å². The molecule has 0 unspecified atom stereocenters. The summed E-state index contributed by atoms with van der Waals surface area (Å²) in [6.45, 7) is 1.49. The van der Waals surface area contributed by atoms with Crippen molar-refractivity contribution in [3.8, 4) is 0 Å². The molecule has 2 rings (SSSR count). The molecule has 0 aromatic heterocycles. The lowest BCUT2D eigenvalue weighted by atomic mass is 9.90. The standard InChI is InChI=1S/C12H13NO2/c1-8(14)13-11-4-2-10-7-12(15)5-3-9(10)6-11/h2,4,6H,3,5,7H2,1H3,(H,13,14). The van der Waals surface area contributed by atoms with E-state index in [4.69, 9.17) is 0 Å². The van der Waals surface area contributed by atoms with Crippen molar-refractivity contribution in [2.45, 2.75) is 26.2 Å². The van der Waals surface area contributed by atoms with Crippen molar-refractivity contribution in [2.24, 2.45) is 0 Å². The van der Waals surface area contributed by atoms with Crippen molar-refractivity contribution >= 4 is 17.4 Å². The van der Waals surface area contributed by atoms with Gasteiger partial charge in [0.2, 0.25) is 5.91 Å². The van der Waals surface area contributed by atoms with E-state index in [1.54, 1.807) is 0 Å². The molecule has 15 heavy (non-hydrogen) atoms. The third kappa shape index (κ3) is 2.24. The first kappa shape index (κ1) is 9.90. The average Bonchev–Trinajstić information content (AvgIpc) is 2.17. The summed E-state index contributed by atoms with van der Waals surface area (Å²) in [6.07, 6.45) is 1.95. The topological polar surface area (TPSA) is 46.2 Å². The Morgan fingerprint density at radius 2 is 2.07 bits per heavy atom. The molecule has 0 saturated heterocycles. The highest BCUT2D eigenvalue weighted by molar-refractivity contribution is 5.89. The Hall–Kier alpha value is -1.64. The minimum atomic E-state index is -0.0677. The highest BCUT2D eigenvalue weighted by Gasteiger charge is 2.15. The first-order valence-corrected chi connectivity index (χ1v) is 5.06. The SMILES string of the molecule is CC(=O)Nc1ccc2c(c1)CCC(=O)C2. The number of anilines is 1. The molecule has 0 radical (unpaired) electrons. The summed E-state index contributed by atoms with van der Waals surface area (Å²) in [5, 5.41) is 2.74. The Kier molecular flexibility index (Phi) is 2.54. The summed E-state index contributed by atoms with van der Waals surface area (Å²) < 4.78 is 0. The fourth-order valence-corrected chi connectivity index (χ4v) is 1.89. The Labute approximate surface area is 88.5 Å². The first-order chi connectivity index (χ1) is 7.15. The lowest BCUT2D eigenvalue weighted by Crippen LogP contribution is -2.14. The van der Waals surface area contributed by atoms with Gasteiger partial charge in [-0.05, 0) is 29.7 Å². The minimum absolute atomic E-state index is 0.0677. The number of hydrogen-bond acceptors (Lipinski definition) is 2. The van der Waals surface area contributed by atoms with Gasteiger partial charge in [0.1, 0.15) is 5.78 Å². The molecule has 3 heteroatoms. The summed E-state index contributed by atoms with van der Waals surface area (Å²) in [7, 11) is 0. The van der Waals surface area contributed by atoms with Gasteiger partial charge in [-0.3, -0.25) is 9.59 Å². The quantitative estimate of drug-likeness (QED) is 0.755. The van der Waals surface area contributed by atoms with Crippen LogP contribution in [-0.4, -0.2) is 11.7 Å². The molecule has 1 aliphatic carbocycles. The van der Waals surface area contributed by atoms with Gasteiger partial charge < -0.3 is 5.32 Å². The Bertz CT molecular complexity index is 424. The molecule has 1 aromatic rings. The number of benzene rings is 1. The number of rotatable bonds is 1. The van der Waals surface area contributed by atoms with Gasteiger partial charge in [0.15, 0.2) is 0 Å². The molecular formula is C12H13NO2. The summed E-state index contributed by atoms with van der Waals surface area (Å²) >= 11 is 0. The fraction of sp³-hybridized carbons (Fsp3) is 0.333. The predicted octanol–water partition coefficient (Wildman–Crippen LogP) is 1.70. The maximum absolute atomic E-state index is 11.2. The van der Waals surface area contributed by atoms with E-state index < -0.39 is 0 Å². The highest BCUT2D eigenvalue weighted by atomic mass is 16.1. The second kappa shape index (κ2) is 3.85. The van der Waals surface area contributed by atoms with E-state index in [2.05, 4.69) is 5.32 Å². The summed E-state index contributed by atoms with van der Waals surface area (Å²) in [4.78, 5) is 22.1. The van der Waals surface area contributed by atoms with E-state index in [1.165, 1.54) is 12.5 Å². The molecule has 1 aromatic carbocycles. The molecule has 1 amide bonds. The molecular weight excluding hydrogens is 190 g/mol. The normalized spacial score (nSPS) is 14.6. The number of Topliss-reactive ketones (excluding diaryl/α,β-unsaturated/α-hetero) is 1. The molecule has 3 nitrogen and oxygen atoms in total. The van der Waals surface area contributed by atoms with Crippen LogP contribution in [0.15, 0.2) is 18.2 Å². The van der Waals surface area contributed by atoms with Gasteiger partial charge in [-0.15, -0.1) is 0 Å². The van der Waals surface area contributed by atoms with E-state index in [0.717, 1.165) is 17.7 Å². The van der Waals surface area contributed by atoms with Crippen molar-refractivity contribution < 1.29 is 9.59 Å². The zero-order valence-electron chi connectivity index (χ0n) is 8.67. The molecule has 0 fully saturated rings. The van der Waals surface area contributed by atoms with Gasteiger partial charge in [-0.1, -0.05) is 6.07 Å². The predicted molar refractivity (Wildman–Crippen MR) is 57.8 cm³/mol. The third-order valence-corrected chi connectivity index (χ3v) is 2.59. The first-order valence-electron chi connectivity index (χ1n) is 5.06. The lowest BCUT2D eigenvalue weighted by Gasteiger charge is -2.15. The lowest BCUT2D eigenvalue weighted by molar-refractivity contribution is -0.118. The zero-order valence-corrected chi connectivity index (χ0v) is 8.67. The number of carbonyl (C=O) groups is 2. The zero-order chi connectivity index (χ0) is 10.8. The van der Waals surface area contributed by atoms with Crippen molar-refractivity contribution in [1.82, 2.24) is 0 Å². The number of carbonyl (C=O) groups excluding carboxylic acids is 2. The Morgan fingerprint density at radius 1 is 1.27 bits per heavy atom. The smallest absolute Gasteiger partial charge is 0.221 e. The molecule has 1 aliphatic rings. The van der Waals surface area contributed by atoms with E-state index in [-0.39, 0.29) is 5.91 Å². The Morgan fingerprint density at radius 3 is 2.80 bits per heavy atom. The number of amides is 1. The molecule has 0 saturated carbocycles. The maximum Gasteiger partial charge on any atom is 0.221 e.